The SMILES string of the molecule is O=C(C1CC=CCC1)N(Cc1ccoc1)Cc1cccs1. The van der Waals surface area contributed by atoms with Crippen molar-refractivity contribution in [3.05, 3.63) is 58.7 Å². The van der Waals surface area contributed by atoms with E-state index in [4.69, 9.17) is 4.42 Å². The Labute approximate surface area is 128 Å². The third kappa shape index (κ3) is 3.64. The van der Waals surface area contributed by atoms with Gasteiger partial charge in [0.2, 0.25) is 5.91 Å². The molecule has 1 unspecified atom stereocenters. The van der Waals surface area contributed by atoms with Gasteiger partial charge in [-0.05, 0) is 36.8 Å². The monoisotopic (exact) mass is 301 g/mol. The maximum Gasteiger partial charge on any atom is 0.226 e. The summed E-state index contributed by atoms with van der Waals surface area (Å²) in [6.45, 7) is 1.30. The van der Waals surface area contributed by atoms with Gasteiger partial charge in [0.15, 0.2) is 0 Å². The topological polar surface area (TPSA) is 33.5 Å². The first-order valence-corrected chi connectivity index (χ1v) is 8.18. The van der Waals surface area contributed by atoms with Gasteiger partial charge in [0.1, 0.15) is 0 Å². The van der Waals surface area contributed by atoms with E-state index in [1.807, 2.05) is 17.0 Å². The van der Waals surface area contributed by atoms with Gasteiger partial charge < -0.3 is 9.32 Å². The lowest BCUT2D eigenvalue weighted by atomic mass is 9.93. The van der Waals surface area contributed by atoms with E-state index in [0.29, 0.717) is 13.1 Å². The summed E-state index contributed by atoms with van der Waals surface area (Å²) in [6.07, 6.45) is 10.5. The van der Waals surface area contributed by atoms with E-state index in [-0.39, 0.29) is 11.8 Å². The third-order valence-corrected chi connectivity index (χ3v) is 4.67. The molecule has 0 spiro atoms. The van der Waals surface area contributed by atoms with Crippen LogP contribution >= 0.6 is 11.3 Å². The molecule has 110 valence electrons. The van der Waals surface area contributed by atoms with E-state index in [1.165, 1.54) is 4.88 Å². The molecular weight excluding hydrogens is 282 g/mol. The molecule has 0 saturated carbocycles. The first-order chi connectivity index (χ1) is 10.3. The summed E-state index contributed by atoms with van der Waals surface area (Å²) in [6, 6.07) is 6.04. The number of allylic oxidation sites excluding steroid dienone is 2. The van der Waals surface area contributed by atoms with Crippen LogP contribution in [0.3, 0.4) is 0 Å². The summed E-state index contributed by atoms with van der Waals surface area (Å²) in [7, 11) is 0. The van der Waals surface area contributed by atoms with Crippen molar-refractivity contribution in [1.29, 1.82) is 0 Å². The van der Waals surface area contributed by atoms with E-state index in [1.54, 1.807) is 23.9 Å². The molecule has 21 heavy (non-hydrogen) atoms. The fraction of sp³-hybridized carbons (Fsp3) is 0.353. The number of amides is 1. The lowest BCUT2D eigenvalue weighted by molar-refractivity contribution is -0.137. The first kappa shape index (κ1) is 14.1. The highest BCUT2D eigenvalue weighted by Crippen LogP contribution is 2.24. The average Bonchev–Trinajstić information content (AvgIpc) is 3.20. The molecule has 0 radical (unpaired) electrons. The van der Waals surface area contributed by atoms with Crippen LogP contribution in [0.5, 0.6) is 0 Å². The molecular formula is C17H19NO2S. The number of carbonyl (C=O) groups is 1. The van der Waals surface area contributed by atoms with Crippen molar-refractivity contribution in [3.63, 3.8) is 0 Å². The van der Waals surface area contributed by atoms with Gasteiger partial charge in [0, 0.05) is 22.9 Å². The van der Waals surface area contributed by atoms with Crippen molar-refractivity contribution in [3.8, 4) is 0 Å². The maximum atomic E-state index is 12.8. The van der Waals surface area contributed by atoms with E-state index >= 15 is 0 Å². The van der Waals surface area contributed by atoms with Crippen LogP contribution < -0.4 is 0 Å². The number of carbonyl (C=O) groups excluding carboxylic acids is 1. The summed E-state index contributed by atoms with van der Waals surface area (Å²) in [5, 5.41) is 2.05. The second kappa shape index (κ2) is 6.76. The predicted octanol–water partition coefficient (Wildman–Crippen LogP) is 4.23. The van der Waals surface area contributed by atoms with Crippen LogP contribution in [0, 0.1) is 5.92 Å². The minimum absolute atomic E-state index is 0.127. The van der Waals surface area contributed by atoms with Crippen LogP contribution in [0.15, 0.2) is 52.7 Å². The molecule has 1 aliphatic rings. The summed E-state index contributed by atoms with van der Waals surface area (Å²) < 4.78 is 5.13. The van der Waals surface area contributed by atoms with Crippen LogP contribution in [0.4, 0.5) is 0 Å². The van der Waals surface area contributed by atoms with Gasteiger partial charge in [-0.25, -0.2) is 0 Å². The number of furan rings is 1. The molecule has 0 bridgehead atoms. The van der Waals surface area contributed by atoms with Crippen molar-refractivity contribution in [2.45, 2.75) is 32.4 Å². The quantitative estimate of drug-likeness (QED) is 0.774. The zero-order valence-electron chi connectivity index (χ0n) is 11.9. The summed E-state index contributed by atoms with van der Waals surface area (Å²) in [5.74, 6) is 0.385. The zero-order chi connectivity index (χ0) is 14.5. The van der Waals surface area contributed by atoms with Crippen LogP contribution in [0.2, 0.25) is 0 Å². The molecule has 0 N–H and O–H groups in total. The Hall–Kier alpha value is -1.81. The van der Waals surface area contributed by atoms with Gasteiger partial charge in [-0.1, -0.05) is 18.2 Å². The Bertz CT molecular complexity index is 550. The van der Waals surface area contributed by atoms with E-state index in [2.05, 4.69) is 23.6 Å². The highest BCUT2D eigenvalue weighted by molar-refractivity contribution is 7.09. The fourth-order valence-corrected chi connectivity index (χ4v) is 3.40. The van der Waals surface area contributed by atoms with E-state index in [0.717, 1.165) is 24.8 Å². The molecule has 4 heteroatoms. The van der Waals surface area contributed by atoms with Crippen LogP contribution in [0.1, 0.15) is 29.7 Å². The number of rotatable bonds is 5. The highest BCUT2D eigenvalue weighted by atomic mass is 32.1. The van der Waals surface area contributed by atoms with Gasteiger partial charge >= 0.3 is 0 Å². The molecule has 0 aliphatic heterocycles. The molecule has 3 rings (SSSR count). The fourth-order valence-electron chi connectivity index (χ4n) is 2.68. The second-order valence-corrected chi connectivity index (χ2v) is 6.42. The van der Waals surface area contributed by atoms with Crippen molar-refractivity contribution >= 4 is 17.2 Å². The smallest absolute Gasteiger partial charge is 0.226 e. The normalized spacial score (nSPS) is 17.8. The van der Waals surface area contributed by atoms with Crippen molar-refractivity contribution in [2.24, 2.45) is 5.92 Å². The van der Waals surface area contributed by atoms with Crippen LogP contribution in [-0.4, -0.2) is 10.8 Å². The standard InChI is InChI=1S/C17H19NO2S/c19-17(15-5-2-1-3-6-15)18(11-14-8-9-20-13-14)12-16-7-4-10-21-16/h1-2,4,7-10,13,15H,3,5-6,11-12H2. The van der Waals surface area contributed by atoms with Gasteiger partial charge in [-0.3, -0.25) is 4.79 Å². The Morgan fingerprint density at radius 3 is 2.95 bits per heavy atom. The highest BCUT2D eigenvalue weighted by Gasteiger charge is 2.25. The zero-order valence-corrected chi connectivity index (χ0v) is 12.7. The Morgan fingerprint density at radius 1 is 1.33 bits per heavy atom. The molecule has 0 saturated heterocycles. The van der Waals surface area contributed by atoms with Gasteiger partial charge in [0.05, 0.1) is 19.1 Å². The summed E-state index contributed by atoms with van der Waals surface area (Å²) >= 11 is 1.70. The summed E-state index contributed by atoms with van der Waals surface area (Å²) in [4.78, 5) is 16.0. The molecule has 2 heterocycles. The number of hydrogen-bond donors (Lipinski definition) is 0. The number of thiophene rings is 1. The average molecular weight is 301 g/mol. The van der Waals surface area contributed by atoms with Gasteiger partial charge in [0.25, 0.3) is 0 Å². The molecule has 3 nitrogen and oxygen atoms in total. The Balaban J connectivity index is 1.73. The van der Waals surface area contributed by atoms with Crippen molar-refractivity contribution in [1.82, 2.24) is 4.90 Å². The maximum absolute atomic E-state index is 12.8. The van der Waals surface area contributed by atoms with Gasteiger partial charge in [-0.15, -0.1) is 11.3 Å². The first-order valence-electron chi connectivity index (χ1n) is 7.30. The largest absolute Gasteiger partial charge is 0.472 e. The summed E-state index contributed by atoms with van der Waals surface area (Å²) in [5.41, 5.74) is 1.05. The van der Waals surface area contributed by atoms with Gasteiger partial charge in [-0.2, -0.15) is 0 Å². The van der Waals surface area contributed by atoms with Crippen LogP contribution in [-0.2, 0) is 17.9 Å². The van der Waals surface area contributed by atoms with Crippen molar-refractivity contribution < 1.29 is 9.21 Å². The third-order valence-electron chi connectivity index (χ3n) is 3.81. The second-order valence-electron chi connectivity index (χ2n) is 5.39. The molecule has 0 fully saturated rings. The minimum atomic E-state index is 0.127. The molecule has 1 aliphatic carbocycles. The van der Waals surface area contributed by atoms with Crippen LogP contribution in [0.25, 0.3) is 0 Å². The minimum Gasteiger partial charge on any atom is -0.472 e. The number of hydrogen-bond acceptors (Lipinski definition) is 3. The molecule has 1 atom stereocenters. The Kier molecular flexibility index (Phi) is 4.55. The Morgan fingerprint density at radius 2 is 2.29 bits per heavy atom. The molecule has 1 amide bonds. The molecule has 2 aromatic rings. The lowest BCUT2D eigenvalue weighted by Crippen LogP contribution is -2.35. The van der Waals surface area contributed by atoms with E-state index in [9.17, 15) is 4.79 Å². The number of nitrogens with zero attached hydrogens (tertiary/aromatic N) is 1. The van der Waals surface area contributed by atoms with Crippen molar-refractivity contribution in [2.75, 3.05) is 0 Å². The lowest BCUT2D eigenvalue weighted by Gasteiger charge is -2.27. The van der Waals surface area contributed by atoms with E-state index < -0.39 is 0 Å². The molecule has 2 aromatic heterocycles. The predicted molar refractivity (Wildman–Crippen MR) is 83.8 cm³/mol. The molecule has 0 aromatic carbocycles.